The minimum Gasteiger partial charge on any atom is -0.493 e. The molecule has 0 spiro atoms. The number of para-hydroxylation sites is 1. The Balaban J connectivity index is 1.56. The summed E-state index contributed by atoms with van der Waals surface area (Å²) >= 11 is 13.2. The molecule has 0 saturated carbocycles. The van der Waals surface area contributed by atoms with Crippen molar-refractivity contribution in [1.29, 1.82) is 0 Å². The first kappa shape index (κ1) is 22.9. The van der Waals surface area contributed by atoms with Crippen LogP contribution >= 0.6 is 34.5 Å². The molecule has 0 aliphatic rings. The zero-order valence-electron chi connectivity index (χ0n) is 16.6. The Hall–Kier alpha value is -2.81. The highest BCUT2D eigenvalue weighted by atomic mass is 35.5. The molecule has 31 heavy (non-hydrogen) atoms. The van der Waals surface area contributed by atoms with E-state index < -0.39 is 11.9 Å². The van der Waals surface area contributed by atoms with Crippen molar-refractivity contribution in [1.82, 2.24) is 10.3 Å². The fourth-order valence-corrected chi connectivity index (χ4v) is 4.00. The first-order valence-corrected chi connectivity index (χ1v) is 10.6. The molecule has 0 aliphatic heterocycles. The summed E-state index contributed by atoms with van der Waals surface area (Å²) < 4.78 is 15.9. The number of halogens is 2. The summed E-state index contributed by atoms with van der Waals surface area (Å²) in [4.78, 5) is 28.6. The first-order chi connectivity index (χ1) is 14.9. The summed E-state index contributed by atoms with van der Waals surface area (Å²) in [5, 5.41) is 5.56. The molecule has 0 saturated heterocycles. The molecule has 0 unspecified atom stereocenters. The van der Waals surface area contributed by atoms with Gasteiger partial charge >= 0.3 is 5.97 Å². The lowest BCUT2D eigenvalue weighted by atomic mass is 10.2. The molecule has 1 heterocycles. The number of benzene rings is 2. The van der Waals surface area contributed by atoms with Crippen LogP contribution in [-0.2, 0) is 16.1 Å². The van der Waals surface area contributed by atoms with Gasteiger partial charge in [0.2, 0.25) is 0 Å². The van der Waals surface area contributed by atoms with Crippen molar-refractivity contribution in [3.05, 3.63) is 63.1 Å². The molecule has 1 N–H and O–H groups in total. The number of methoxy groups -OCH3 is 2. The van der Waals surface area contributed by atoms with Gasteiger partial charge in [0.1, 0.15) is 18.2 Å². The van der Waals surface area contributed by atoms with Gasteiger partial charge < -0.3 is 19.5 Å². The normalized spacial score (nSPS) is 10.5. The van der Waals surface area contributed by atoms with Crippen LogP contribution in [0.3, 0.4) is 0 Å². The number of ether oxygens (including phenoxy) is 3. The van der Waals surface area contributed by atoms with Gasteiger partial charge in [-0.3, -0.25) is 9.59 Å². The topological polar surface area (TPSA) is 86.8 Å². The molecule has 1 aromatic heterocycles. The summed E-state index contributed by atoms with van der Waals surface area (Å²) in [6, 6.07) is 9.98. The quantitative estimate of drug-likeness (QED) is 0.473. The van der Waals surface area contributed by atoms with Crippen molar-refractivity contribution in [3.8, 4) is 22.1 Å². The highest BCUT2D eigenvalue weighted by molar-refractivity contribution is 7.13. The van der Waals surface area contributed by atoms with Crippen LogP contribution in [0.4, 0.5) is 0 Å². The summed E-state index contributed by atoms with van der Waals surface area (Å²) in [5.41, 5.74) is 1.57. The van der Waals surface area contributed by atoms with E-state index in [2.05, 4.69) is 10.3 Å². The van der Waals surface area contributed by atoms with Crippen LogP contribution in [0.1, 0.15) is 16.1 Å². The SMILES string of the molecule is COc1cccc(-c2nc(COC(=O)CNC(=O)c3ccc(Cl)cc3Cl)cs2)c1OC. The number of hydrogen-bond donors (Lipinski definition) is 1. The third-order valence-electron chi connectivity index (χ3n) is 4.14. The number of hydrogen-bond acceptors (Lipinski definition) is 7. The van der Waals surface area contributed by atoms with E-state index >= 15 is 0 Å². The van der Waals surface area contributed by atoms with Gasteiger partial charge in [-0.25, -0.2) is 4.98 Å². The highest BCUT2D eigenvalue weighted by Crippen LogP contribution is 2.39. The molecule has 0 atom stereocenters. The Bertz CT molecular complexity index is 1100. The fourth-order valence-electron chi connectivity index (χ4n) is 2.68. The molecule has 162 valence electrons. The number of rotatable bonds is 8. The lowest BCUT2D eigenvalue weighted by molar-refractivity contribution is -0.143. The Morgan fingerprint density at radius 2 is 1.94 bits per heavy atom. The Morgan fingerprint density at radius 3 is 2.65 bits per heavy atom. The first-order valence-electron chi connectivity index (χ1n) is 8.97. The molecule has 1 amide bonds. The van der Waals surface area contributed by atoms with Gasteiger partial charge in [-0.15, -0.1) is 11.3 Å². The number of esters is 1. The van der Waals surface area contributed by atoms with E-state index in [-0.39, 0.29) is 23.7 Å². The predicted octanol–water partition coefficient (Wildman–Crippen LogP) is 4.61. The Labute approximate surface area is 192 Å². The van der Waals surface area contributed by atoms with Gasteiger partial charge in [0.25, 0.3) is 5.91 Å². The van der Waals surface area contributed by atoms with Crippen LogP contribution in [0.25, 0.3) is 10.6 Å². The average molecular weight is 481 g/mol. The maximum absolute atomic E-state index is 12.1. The number of aromatic nitrogens is 1. The molecule has 10 heteroatoms. The summed E-state index contributed by atoms with van der Waals surface area (Å²) in [7, 11) is 3.12. The third-order valence-corrected chi connectivity index (χ3v) is 5.61. The predicted molar refractivity (Wildman–Crippen MR) is 119 cm³/mol. The molecule has 0 radical (unpaired) electrons. The molecular formula is C21H18Cl2N2O5S. The van der Waals surface area contributed by atoms with Gasteiger partial charge in [-0.2, -0.15) is 0 Å². The van der Waals surface area contributed by atoms with Crippen LogP contribution in [0.5, 0.6) is 11.5 Å². The average Bonchev–Trinajstić information content (AvgIpc) is 3.24. The van der Waals surface area contributed by atoms with Crippen LogP contribution in [0.2, 0.25) is 10.0 Å². The van der Waals surface area contributed by atoms with Gasteiger partial charge in [-0.1, -0.05) is 29.3 Å². The van der Waals surface area contributed by atoms with E-state index in [0.717, 1.165) is 5.56 Å². The lowest BCUT2D eigenvalue weighted by Crippen LogP contribution is -2.30. The van der Waals surface area contributed by atoms with Gasteiger partial charge in [-0.05, 0) is 30.3 Å². The van der Waals surface area contributed by atoms with E-state index in [4.69, 9.17) is 37.4 Å². The van der Waals surface area contributed by atoms with Gasteiger partial charge in [0.05, 0.1) is 36.1 Å². The van der Waals surface area contributed by atoms with Crippen LogP contribution < -0.4 is 14.8 Å². The van der Waals surface area contributed by atoms with Crippen molar-refractivity contribution in [2.75, 3.05) is 20.8 Å². The third kappa shape index (κ3) is 5.66. The van der Waals surface area contributed by atoms with E-state index in [1.54, 1.807) is 25.7 Å². The summed E-state index contributed by atoms with van der Waals surface area (Å²) in [6.45, 7) is -0.336. The second kappa shape index (κ2) is 10.5. The Kier molecular flexibility index (Phi) is 7.73. The maximum atomic E-state index is 12.1. The molecule has 0 bridgehead atoms. The molecule has 2 aromatic carbocycles. The second-order valence-electron chi connectivity index (χ2n) is 6.15. The van der Waals surface area contributed by atoms with Crippen LogP contribution in [0.15, 0.2) is 41.8 Å². The molecule has 0 aliphatic carbocycles. The number of nitrogens with one attached hydrogen (secondary N) is 1. The standard InChI is InChI=1S/C21H18Cl2N2O5S/c1-28-17-5-3-4-15(19(17)29-2)21-25-13(11-31-21)10-30-18(26)9-24-20(27)14-7-6-12(22)8-16(14)23/h3-8,11H,9-10H2,1-2H3,(H,24,27). The van der Waals surface area contributed by atoms with E-state index in [1.807, 2.05) is 12.1 Å². The van der Waals surface area contributed by atoms with Gasteiger partial charge in [0, 0.05) is 10.4 Å². The maximum Gasteiger partial charge on any atom is 0.325 e. The smallest absolute Gasteiger partial charge is 0.325 e. The van der Waals surface area contributed by atoms with Crippen molar-refractivity contribution < 1.29 is 23.8 Å². The lowest BCUT2D eigenvalue weighted by Gasteiger charge is -2.10. The molecular weight excluding hydrogens is 463 g/mol. The van der Waals surface area contributed by atoms with Crippen LogP contribution in [-0.4, -0.2) is 37.6 Å². The van der Waals surface area contributed by atoms with Crippen molar-refractivity contribution in [2.24, 2.45) is 0 Å². The fraction of sp³-hybridized carbons (Fsp3) is 0.190. The summed E-state index contributed by atoms with van der Waals surface area (Å²) in [5.74, 6) is 0.0674. The van der Waals surface area contributed by atoms with Crippen molar-refractivity contribution >= 4 is 46.4 Å². The number of nitrogens with zero attached hydrogens (tertiary/aromatic N) is 1. The monoisotopic (exact) mass is 480 g/mol. The molecule has 3 aromatic rings. The number of amides is 1. The Morgan fingerprint density at radius 1 is 1.13 bits per heavy atom. The number of carbonyl (C=O) groups excluding carboxylic acids is 2. The zero-order valence-corrected chi connectivity index (χ0v) is 18.9. The number of thiazole rings is 1. The molecule has 0 fully saturated rings. The van der Waals surface area contributed by atoms with Crippen LogP contribution in [0, 0.1) is 0 Å². The summed E-state index contributed by atoms with van der Waals surface area (Å²) in [6.07, 6.45) is 0. The largest absolute Gasteiger partial charge is 0.493 e. The minimum atomic E-state index is -0.605. The minimum absolute atomic E-state index is 0.0286. The van der Waals surface area contributed by atoms with Gasteiger partial charge in [0.15, 0.2) is 11.5 Å². The molecule has 7 nitrogen and oxygen atoms in total. The van der Waals surface area contributed by atoms with E-state index in [0.29, 0.717) is 27.2 Å². The number of carbonyl (C=O) groups is 2. The van der Waals surface area contributed by atoms with Crippen molar-refractivity contribution in [3.63, 3.8) is 0 Å². The molecule has 3 rings (SSSR count). The second-order valence-corrected chi connectivity index (χ2v) is 7.85. The highest BCUT2D eigenvalue weighted by Gasteiger charge is 2.16. The van der Waals surface area contributed by atoms with E-state index in [1.165, 1.54) is 29.5 Å². The van der Waals surface area contributed by atoms with Crippen molar-refractivity contribution in [2.45, 2.75) is 6.61 Å². The van der Waals surface area contributed by atoms with E-state index in [9.17, 15) is 9.59 Å². The zero-order chi connectivity index (χ0) is 22.4.